The highest BCUT2D eigenvalue weighted by Crippen LogP contribution is 2.22. The highest BCUT2D eigenvalue weighted by Gasteiger charge is 2.21. The Morgan fingerprint density at radius 2 is 1.87 bits per heavy atom. The van der Waals surface area contributed by atoms with Gasteiger partial charge in [0.15, 0.2) is 11.6 Å². The molecule has 3 nitrogen and oxygen atoms in total. The van der Waals surface area contributed by atoms with E-state index < -0.39 is 0 Å². The number of nitrogens with zero attached hydrogens (tertiary/aromatic N) is 1. The van der Waals surface area contributed by atoms with Gasteiger partial charge in [0.05, 0.1) is 12.7 Å². The lowest BCUT2D eigenvalue weighted by molar-refractivity contribution is -0.0330. The Balaban J connectivity index is 1.51. The van der Waals surface area contributed by atoms with Crippen LogP contribution >= 0.6 is 0 Å². The number of hydrogen-bond acceptors (Lipinski definition) is 3. The van der Waals surface area contributed by atoms with Crippen LogP contribution in [-0.4, -0.2) is 37.7 Å². The normalized spacial score (nSPS) is 18.8. The van der Waals surface area contributed by atoms with Gasteiger partial charge in [0.25, 0.3) is 0 Å². The zero-order valence-electron chi connectivity index (χ0n) is 12.8. The highest BCUT2D eigenvalue weighted by atomic mass is 19.1. The molecule has 1 aliphatic heterocycles. The van der Waals surface area contributed by atoms with E-state index in [1.807, 2.05) is 0 Å². The second-order valence-corrected chi connectivity index (χ2v) is 5.49. The van der Waals surface area contributed by atoms with Crippen LogP contribution in [0.2, 0.25) is 0 Å². The molecule has 0 aromatic heterocycles. The van der Waals surface area contributed by atoms with Crippen LogP contribution in [-0.2, 0) is 4.74 Å². The lowest BCUT2D eigenvalue weighted by Crippen LogP contribution is -2.40. The summed E-state index contributed by atoms with van der Waals surface area (Å²) in [4.78, 5) is 2.21. The number of benzene rings is 2. The molecule has 1 heterocycles. The molecule has 0 saturated carbocycles. The van der Waals surface area contributed by atoms with Crippen molar-refractivity contribution in [1.82, 2.24) is 4.90 Å². The van der Waals surface area contributed by atoms with Crippen LogP contribution in [0.25, 0.3) is 0 Å². The van der Waals surface area contributed by atoms with Crippen molar-refractivity contribution in [2.45, 2.75) is 6.10 Å². The van der Waals surface area contributed by atoms with Gasteiger partial charge in [-0.3, -0.25) is 4.90 Å². The van der Waals surface area contributed by atoms with Gasteiger partial charge in [-0.05, 0) is 29.8 Å². The molecular formula is C18H19F2NO2. The lowest BCUT2D eigenvalue weighted by atomic mass is 10.1. The zero-order chi connectivity index (χ0) is 16.1. The molecule has 1 unspecified atom stereocenters. The average molecular weight is 319 g/mol. The van der Waals surface area contributed by atoms with E-state index in [-0.39, 0.29) is 23.5 Å². The Morgan fingerprint density at radius 3 is 2.65 bits per heavy atom. The van der Waals surface area contributed by atoms with E-state index >= 15 is 0 Å². The summed E-state index contributed by atoms with van der Waals surface area (Å²) in [7, 11) is 0. The van der Waals surface area contributed by atoms with E-state index in [1.54, 1.807) is 30.3 Å². The maximum Gasteiger partial charge on any atom is 0.165 e. The van der Waals surface area contributed by atoms with Gasteiger partial charge < -0.3 is 9.47 Å². The number of rotatable bonds is 5. The van der Waals surface area contributed by atoms with Gasteiger partial charge in [0.1, 0.15) is 12.4 Å². The smallest absolute Gasteiger partial charge is 0.165 e. The van der Waals surface area contributed by atoms with Gasteiger partial charge in [-0.15, -0.1) is 0 Å². The molecule has 0 aliphatic carbocycles. The number of para-hydroxylation sites is 1. The Hall–Kier alpha value is -1.98. The molecule has 0 N–H and O–H groups in total. The molecular weight excluding hydrogens is 300 g/mol. The number of hydrogen-bond donors (Lipinski definition) is 0. The van der Waals surface area contributed by atoms with Crippen molar-refractivity contribution < 1.29 is 18.3 Å². The minimum absolute atomic E-state index is 0.0715. The van der Waals surface area contributed by atoms with Gasteiger partial charge in [-0.1, -0.05) is 24.3 Å². The molecule has 23 heavy (non-hydrogen) atoms. The van der Waals surface area contributed by atoms with Crippen LogP contribution in [0.5, 0.6) is 5.75 Å². The van der Waals surface area contributed by atoms with E-state index in [9.17, 15) is 8.78 Å². The summed E-state index contributed by atoms with van der Waals surface area (Å²) >= 11 is 0. The highest BCUT2D eigenvalue weighted by molar-refractivity contribution is 5.23. The minimum atomic E-state index is -0.348. The predicted molar refractivity (Wildman–Crippen MR) is 83.4 cm³/mol. The first-order chi connectivity index (χ1) is 11.2. The SMILES string of the molecule is Fc1ccc(C2CN(CCOc3ccccc3F)CCO2)cc1. The van der Waals surface area contributed by atoms with Crippen molar-refractivity contribution in [1.29, 1.82) is 0 Å². The second kappa shape index (κ2) is 7.53. The van der Waals surface area contributed by atoms with E-state index in [0.717, 1.165) is 12.1 Å². The summed E-state index contributed by atoms with van der Waals surface area (Å²) in [5, 5.41) is 0. The van der Waals surface area contributed by atoms with E-state index in [4.69, 9.17) is 9.47 Å². The molecule has 2 aromatic rings. The fourth-order valence-corrected chi connectivity index (χ4v) is 2.63. The van der Waals surface area contributed by atoms with Crippen LogP contribution in [0.3, 0.4) is 0 Å². The number of ether oxygens (including phenoxy) is 2. The van der Waals surface area contributed by atoms with Crippen LogP contribution in [0.1, 0.15) is 11.7 Å². The van der Waals surface area contributed by atoms with Crippen molar-refractivity contribution in [2.24, 2.45) is 0 Å². The summed E-state index contributed by atoms with van der Waals surface area (Å²) in [6, 6.07) is 12.8. The standard InChI is InChI=1S/C18H19F2NO2/c19-15-7-5-14(6-8-15)18-13-21(10-12-23-18)9-11-22-17-4-2-1-3-16(17)20/h1-8,18H,9-13H2. The third kappa shape index (κ3) is 4.27. The molecule has 3 rings (SSSR count). The Morgan fingerprint density at radius 1 is 1.09 bits per heavy atom. The Labute approximate surface area is 134 Å². The molecule has 0 spiro atoms. The summed E-state index contributed by atoms with van der Waals surface area (Å²) in [5.74, 6) is -0.325. The van der Waals surface area contributed by atoms with Gasteiger partial charge in [-0.25, -0.2) is 8.78 Å². The van der Waals surface area contributed by atoms with Crippen LogP contribution in [0.4, 0.5) is 8.78 Å². The number of morpholine rings is 1. The van der Waals surface area contributed by atoms with Gasteiger partial charge in [0.2, 0.25) is 0 Å². The van der Waals surface area contributed by atoms with E-state index in [0.29, 0.717) is 26.3 Å². The van der Waals surface area contributed by atoms with Crippen molar-refractivity contribution in [3.63, 3.8) is 0 Å². The molecule has 0 radical (unpaired) electrons. The predicted octanol–water partition coefficient (Wildman–Crippen LogP) is 3.42. The molecule has 1 saturated heterocycles. The lowest BCUT2D eigenvalue weighted by Gasteiger charge is -2.33. The molecule has 2 aromatic carbocycles. The van der Waals surface area contributed by atoms with Crippen molar-refractivity contribution >= 4 is 0 Å². The Bertz CT molecular complexity index is 633. The molecule has 5 heteroatoms. The molecule has 0 bridgehead atoms. The summed E-state index contributed by atoms with van der Waals surface area (Å²) in [6.07, 6.45) is -0.0715. The first-order valence-electron chi connectivity index (χ1n) is 7.69. The second-order valence-electron chi connectivity index (χ2n) is 5.49. The van der Waals surface area contributed by atoms with E-state index in [1.165, 1.54) is 18.2 Å². The Kier molecular flexibility index (Phi) is 5.20. The van der Waals surface area contributed by atoms with Crippen molar-refractivity contribution in [3.8, 4) is 5.75 Å². The monoisotopic (exact) mass is 319 g/mol. The first kappa shape index (κ1) is 15.9. The summed E-state index contributed by atoms with van der Waals surface area (Å²) in [6.45, 7) is 3.23. The maximum absolute atomic E-state index is 13.5. The average Bonchev–Trinajstić information content (AvgIpc) is 2.58. The number of halogens is 2. The van der Waals surface area contributed by atoms with Crippen LogP contribution in [0.15, 0.2) is 48.5 Å². The first-order valence-corrected chi connectivity index (χ1v) is 7.69. The zero-order valence-corrected chi connectivity index (χ0v) is 12.8. The largest absolute Gasteiger partial charge is 0.489 e. The topological polar surface area (TPSA) is 21.7 Å². The third-order valence-corrected chi connectivity index (χ3v) is 3.89. The summed E-state index contributed by atoms with van der Waals surface area (Å²) in [5.41, 5.74) is 0.964. The fraction of sp³-hybridized carbons (Fsp3) is 0.333. The van der Waals surface area contributed by atoms with Crippen LogP contribution < -0.4 is 4.74 Å². The molecule has 122 valence electrons. The van der Waals surface area contributed by atoms with Crippen LogP contribution in [0, 0.1) is 11.6 Å². The van der Waals surface area contributed by atoms with Gasteiger partial charge in [-0.2, -0.15) is 0 Å². The van der Waals surface area contributed by atoms with Crippen molar-refractivity contribution in [3.05, 3.63) is 65.7 Å². The van der Waals surface area contributed by atoms with E-state index in [2.05, 4.69) is 4.90 Å². The minimum Gasteiger partial charge on any atom is -0.489 e. The van der Waals surface area contributed by atoms with Crippen molar-refractivity contribution in [2.75, 3.05) is 32.8 Å². The fourth-order valence-electron chi connectivity index (χ4n) is 2.63. The van der Waals surface area contributed by atoms with Gasteiger partial charge >= 0.3 is 0 Å². The third-order valence-electron chi connectivity index (χ3n) is 3.89. The van der Waals surface area contributed by atoms with Gasteiger partial charge in [0, 0.05) is 19.6 Å². The maximum atomic E-state index is 13.5. The molecule has 1 atom stereocenters. The molecule has 1 aliphatic rings. The summed E-state index contributed by atoms with van der Waals surface area (Å²) < 4.78 is 37.7. The molecule has 1 fully saturated rings. The quantitative estimate of drug-likeness (QED) is 0.843. The molecule has 0 amide bonds.